The molecule has 8 heteroatoms. The number of methoxy groups -OCH3 is 1. The van der Waals surface area contributed by atoms with Crippen molar-refractivity contribution in [3.63, 3.8) is 0 Å². The molecule has 136 valence electrons. The highest BCUT2D eigenvalue weighted by molar-refractivity contribution is 5.93. The van der Waals surface area contributed by atoms with Crippen LogP contribution in [0, 0.1) is 0 Å². The fourth-order valence-corrected chi connectivity index (χ4v) is 2.71. The van der Waals surface area contributed by atoms with Gasteiger partial charge in [0.1, 0.15) is 11.6 Å². The second kappa shape index (κ2) is 7.28. The number of nitrogens with zero attached hydrogens (tertiary/aromatic N) is 4. The van der Waals surface area contributed by atoms with Gasteiger partial charge < -0.3 is 14.6 Å². The Bertz CT molecular complexity index is 1070. The summed E-state index contributed by atoms with van der Waals surface area (Å²) in [5.41, 5.74) is 1.82. The minimum absolute atomic E-state index is 0.229. The van der Waals surface area contributed by atoms with E-state index in [4.69, 9.17) is 9.26 Å². The van der Waals surface area contributed by atoms with E-state index in [0.717, 1.165) is 22.8 Å². The van der Waals surface area contributed by atoms with E-state index in [9.17, 15) is 4.79 Å². The zero-order valence-corrected chi connectivity index (χ0v) is 14.6. The van der Waals surface area contributed by atoms with Crippen LogP contribution in [0.3, 0.4) is 0 Å². The number of rotatable bonds is 6. The van der Waals surface area contributed by atoms with Crippen molar-refractivity contribution in [3.8, 4) is 17.1 Å². The minimum atomic E-state index is -0.299. The summed E-state index contributed by atoms with van der Waals surface area (Å²) in [6, 6.07) is 14.6. The Morgan fingerprint density at radius 1 is 1.19 bits per heavy atom. The van der Waals surface area contributed by atoms with E-state index in [1.54, 1.807) is 13.2 Å². The first-order chi connectivity index (χ1) is 13.2. The van der Waals surface area contributed by atoms with Gasteiger partial charge in [-0.25, -0.2) is 0 Å². The van der Waals surface area contributed by atoms with Gasteiger partial charge in [0.2, 0.25) is 0 Å². The molecule has 0 saturated heterocycles. The van der Waals surface area contributed by atoms with Crippen molar-refractivity contribution in [2.24, 2.45) is 0 Å². The highest BCUT2D eigenvalue weighted by Crippen LogP contribution is 2.23. The molecule has 0 saturated carbocycles. The van der Waals surface area contributed by atoms with Gasteiger partial charge in [0, 0.05) is 30.8 Å². The highest BCUT2D eigenvalue weighted by Gasteiger charge is 2.14. The molecular weight excluding hydrogens is 346 g/mol. The second-order valence-corrected chi connectivity index (χ2v) is 5.86. The van der Waals surface area contributed by atoms with Crippen molar-refractivity contribution in [2.75, 3.05) is 13.7 Å². The third-order valence-corrected chi connectivity index (χ3v) is 4.14. The topological polar surface area (TPSA) is 94.5 Å². The molecule has 0 aliphatic heterocycles. The summed E-state index contributed by atoms with van der Waals surface area (Å²) in [6.07, 6.45) is 2.45. The zero-order chi connectivity index (χ0) is 18.6. The van der Waals surface area contributed by atoms with Gasteiger partial charge in [-0.1, -0.05) is 11.2 Å². The summed E-state index contributed by atoms with van der Waals surface area (Å²) >= 11 is 0. The van der Waals surface area contributed by atoms with Crippen molar-refractivity contribution in [1.82, 2.24) is 25.1 Å². The fourth-order valence-electron chi connectivity index (χ4n) is 2.71. The van der Waals surface area contributed by atoms with E-state index in [-0.39, 0.29) is 11.6 Å². The number of nitrogens with one attached hydrogen (secondary N) is 1. The maximum absolute atomic E-state index is 12.3. The standard InChI is InChI=1S/C19H17N5O3/c1-26-14-7-5-13(6-8-14)16-12-15(23-27-16)19(25)20-10-9-18-22-21-17-4-2-3-11-24(17)18/h2-8,11-12H,9-10H2,1H3,(H,20,25). The van der Waals surface area contributed by atoms with Crippen LogP contribution in [-0.2, 0) is 6.42 Å². The minimum Gasteiger partial charge on any atom is -0.497 e. The predicted octanol–water partition coefficient (Wildman–Crippen LogP) is 2.37. The van der Waals surface area contributed by atoms with Crippen LogP contribution in [0.2, 0.25) is 0 Å². The molecule has 8 nitrogen and oxygen atoms in total. The number of aromatic nitrogens is 4. The van der Waals surface area contributed by atoms with Gasteiger partial charge in [-0.15, -0.1) is 10.2 Å². The number of carbonyl (C=O) groups excluding carboxylic acids is 1. The number of hydrogen-bond acceptors (Lipinski definition) is 6. The average molecular weight is 363 g/mol. The Balaban J connectivity index is 1.38. The third kappa shape index (κ3) is 3.50. The van der Waals surface area contributed by atoms with Crippen LogP contribution in [0.25, 0.3) is 17.0 Å². The Kier molecular flexibility index (Phi) is 4.52. The van der Waals surface area contributed by atoms with Crippen LogP contribution in [0.1, 0.15) is 16.3 Å². The van der Waals surface area contributed by atoms with Crippen molar-refractivity contribution in [3.05, 3.63) is 66.2 Å². The summed E-state index contributed by atoms with van der Waals surface area (Å²) < 4.78 is 12.3. The lowest BCUT2D eigenvalue weighted by atomic mass is 10.1. The van der Waals surface area contributed by atoms with Crippen LogP contribution in [0.5, 0.6) is 5.75 Å². The molecule has 3 aromatic heterocycles. The van der Waals surface area contributed by atoms with Crippen LogP contribution in [0.15, 0.2) is 59.3 Å². The summed E-state index contributed by atoms with van der Waals surface area (Å²) in [4.78, 5) is 12.3. The maximum atomic E-state index is 12.3. The second-order valence-electron chi connectivity index (χ2n) is 5.86. The van der Waals surface area contributed by atoms with Gasteiger partial charge in [-0.2, -0.15) is 0 Å². The van der Waals surface area contributed by atoms with Gasteiger partial charge in [0.25, 0.3) is 5.91 Å². The van der Waals surface area contributed by atoms with Crippen molar-refractivity contribution in [2.45, 2.75) is 6.42 Å². The highest BCUT2D eigenvalue weighted by atomic mass is 16.5. The smallest absolute Gasteiger partial charge is 0.273 e. The largest absolute Gasteiger partial charge is 0.497 e. The number of carbonyl (C=O) groups is 1. The van der Waals surface area contributed by atoms with E-state index in [2.05, 4.69) is 20.7 Å². The molecule has 1 amide bonds. The predicted molar refractivity (Wildman–Crippen MR) is 97.5 cm³/mol. The number of ether oxygens (including phenoxy) is 1. The number of pyridine rings is 1. The Morgan fingerprint density at radius 3 is 2.85 bits per heavy atom. The zero-order valence-electron chi connectivity index (χ0n) is 14.6. The van der Waals surface area contributed by atoms with E-state index in [1.165, 1.54) is 0 Å². The molecule has 4 aromatic rings. The van der Waals surface area contributed by atoms with E-state index in [1.807, 2.05) is 53.1 Å². The van der Waals surface area contributed by atoms with Crippen molar-refractivity contribution in [1.29, 1.82) is 0 Å². The summed E-state index contributed by atoms with van der Waals surface area (Å²) in [7, 11) is 1.61. The molecule has 3 heterocycles. The summed E-state index contributed by atoms with van der Waals surface area (Å²) in [5, 5.41) is 14.9. The average Bonchev–Trinajstić information content (AvgIpc) is 3.36. The summed E-state index contributed by atoms with van der Waals surface area (Å²) in [6.45, 7) is 0.416. The first-order valence-corrected chi connectivity index (χ1v) is 8.42. The fraction of sp³-hybridized carbons (Fsp3) is 0.158. The molecule has 1 N–H and O–H groups in total. The number of amides is 1. The van der Waals surface area contributed by atoms with E-state index < -0.39 is 0 Å². The Morgan fingerprint density at radius 2 is 2.04 bits per heavy atom. The maximum Gasteiger partial charge on any atom is 0.273 e. The normalized spacial score (nSPS) is 10.9. The molecule has 0 atom stereocenters. The van der Waals surface area contributed by atoms with Crippen LogP contribution in [-0.4, -0.2) is 39.3 Å². The molecule has 0 radical (unpaired) electrons. The van der Waals surface area contributed by atoms with Gasteiger partial charge in [0.15, 0.2) is 17.1 Å². The van der Waals surface area contributed by atoms with Gasteiger partial charge >= 0.3 is 0 Å². The molecule has 0 unspecified atom stereocenters. The van der Waals surface area contributed by atoms with Gasteiger partial charge in [-0.05, 0) is 36.4 Å². The molecule has 0 aliphatic carbocycles. The third-order valence-electron chi connectivity index (χ3n) is 4.14. The molecule has 0 aliphatic rings. The lowest BCUT2D eigenvalue weighted by Gasteiger charge is -2.02. The molecule has 0 spiro atoms. The monoisotopic (exact) mass is 363 g/mol. The van der Waals surface area contributed by atoms with Crippen molar-refractivity contribution >= 4 is 11.6 Å². The molecule has 0 fully saturated rings. The molecule has 4 rings (SSSR count). The van der Waals surface area contributed by atoms with Crippen LogP contribution < -0.4 is 10.1 Å². The molecular formula is C19H17N5O3. The lowest BCUT2D eigenvalue weighted by Crippen LogP contribution is -2.26. The Labute approximate surface area is 154 Å². The molecule has 0 bridgehead atoms. The molecule has 27 heavy (non-hydrogen) atoms. The van der Waals surface area contributed by atoms with E-state index in [0.29, 0.717) is 18.7 Å². The van der Waals surface area contributed by atoms with Crippen LogP contribution in [0.4, 0.5) is 0 Å². The van der Waals surface area contributed by atoms with E-state index >= 15 is 0 Å². The molecule has 1 aromatic carbocycles. The SMILES string of the molecule is COc1ccc(-c2cc(C(=O)NCCc3nnc4ccccn34)no2)cc1. The first kappa shape index (κ1) is 16.8. The first-order valence-electron chi connectivity index (χ1n) is 8.42. The van der Waals surface area contributed by atoms with Gasteiger partial charge in [0.05, 0.1) is 7.11 Å². The van der Waals surface area contributed by atoms with Crippen molar-refractivity contribution < 1.29 is 14.1 Å². The lowest BCUT2D eigenvalue weighted by molar-refractivity contribution is 0.0945. The quantitative estimate of drug-likeness (QED) is 0.565. The van der Waals surface area contributed by atoms with Gasteiger partial charge in [-0.3, -0.25) is 9.20 Å². The number of fused-ring (bicyclic) bond motifs is 1. The number of benzene rings is 1. The summed E-state index contributed by atoms with van der Waals surface area (Å²) in [5.74, 6) is 1.75. The Hall–Kier alpha value is -3.68. The number of hydrogen-bond donors (Lipinski definition) is 1. The van der Waals surface area contributed by atoms with Crippen LogP contribution >= 0.6 is 0 Å².